The number of hydrogen-bond donors (Lipinski definition) is 1. The third-order valence-corrected chi connectivity index (χ3v) is 3.48. The molecule has 1 atom stereocenters. The summed E-state index contributed by atoms with van der Waals surface area (Å²) in [5, 5.41) is 25.6. The molecule has 3 rings (SSSR count). The van der Waals surface area contributed by atoms with E-state index in [2.05, 4.69) is 15.5 Å². The molecule has 11 heteroatoms. The van der Waals surface area contributed by atoms with Crippen molar-refractivity contribution in [1.29, 1.82) is 0 Å². The Hall–Kier alpha value is -3.50. The van der Waals surface area contributed by atoms with Crippen LogP contribution < -0.4 is 5.43 Å². The van der Waals surface area contributed by atoms with Crippen LogP contribution >= 0.6 is 0 Å². The lowest BCUT2D eigenvalue weighted by Gasteiger charge is -2.11. The molecular formula is C13H12N6O5. The number of benzene rings is 1. The zero-order valence-corrected chi connectivity index (χ0v) is 12.4. The molecular weight excluding hydrogens is 320 g/mol. The maximum Gasteiger partial charge on any atom is 0.343 e. The van der Waals surface area contributed by atoms with Crippen LogP contribution in [0.3, 0.4) is 0 Å². The lowest BCUT2D eigenvalue weighted by molar-refractivity contribution is -0.392. The normalized spacial score (nSPS) is 16.2. The Balaban J connectivity index is 1.70. The monoisotopic (exact) mass is 332 g/mol. The number of imidazole rings is 1. The molecule has 0 bridgehead atoms. The molecule has 1 N–H and O–H groups in total. The van der Waals surface area contributed by atoms with Gasteiger partial charge in [-0.25, -0.2) is 9.55 Å². The van der Waals surface area contributed by atoms with Gasteiger partial charge in [-0.05, 0) is 17.1 Å². The molecule has 0 spiro atoms. The Morgan fingerprint density at radius 3 is 2.58 bits per heavy atom. The number of hydrazone groups is 1. The van der Waals surface area contributed by atoms with Crippen molar-refractivity contribution in [1.82, 2.24) is 15.0 Å². The highest BCUT2D eigenvalue weighted by Crippen LogP contribution is 2.23. The topological polar surface area (TPSA) is 138 Å². The summed E-state index contributed by atoms with van der Waals surface area (Å²) >= 11 is 0. The van der Waals surface area contributed by atoms with Crippen LogP contribution in [0, 0.1) is 27.2 Å². The predicted molar refractivity (Wildman–Crippen MR) is 81.1 cm³/mol. The highest BCUT2D eigenvalue weighted by molar-refractivity contribution is 5.77. The summed E-state index contributed by atoms with van der Waals surface area (Å²) in [6.07, 6.45) is 0.565. The van der Waals surface area contributed by atoms with E-state index in [1.165, 1.54) is 22.9 Å². The van der Waals surface area contributed by atoms with Crippen molar-refractivity contribution in [3.63, 3.8) is 0 Å². The number of nitrogens with one attached hydrogen (secondary N) is 1. The van der Waals surface area contributed by atoms with Gasteiger partial charge in [0.2, 0.25) is 6.23 Å². The van der Waals surface area contributed by atoms with Crippen molar-refractivity contribution in [2.45, 2.75) is 19.7 Å². The first kappa shape index (κ1) is 15.4. The second-order valence-electron chi connectivity index (χ2n) is 4.99. The zero-order valence-electron chi connectivity index (χ0n) is 12.4. The van der Waals surface area contributed by atoms with Crippen molar-refractivity contribution < 1.29 is 14.6 Å². The number of aromatic nitrogens is 2. The Kier molecular flexibility index (Phi) is 3.82. The van der Waals surface area contributed by atoms with Crippen LogP contribution in [0.15, 0.2) is 35.6 Å². The maximum atomic E-state index is 11.0. The van der Waals surface area contributed by atoms with Crippen LogP contribution in [0.5, 0.6) is 0 Å². The average Bonchev–Trinajstić information content (AvgIpc) is 3.16. The van der Waals surface area contributed by atoms with Gasteiger partial charge in [0.05, 0.1) is 4.92 Å². The highest BCUT2D eigenvalue weighted by Gasteiger charge is 2.26. The second-order valence-corrected chi connectivity index (χ2v) is 4.99. The van der Waals surface area contributed by atoms with Gasteiger partial charge in [-0.1, -0.05) is 0 Å². The summed E-state index contributed by atoms with van der Waals surface area (Å²) in [6.45, 7) is 1.70. The van der Waals surface area contributed by atoms with Gasteiger partial charge in [0.25, 0.3) is 11.6 Å². The van der Waals surface area contributed by atoms with Crippen LogP contribution in [0.1, 0.15) is 17.6 Å². The van der Waals surface area contributed by atoms with E-state index < -0.39 is 16.1 Å². The molecule has 1 aliphatic heterocycles. The smallest absolute Gasteiger partial charge is 0.343 e. The van der Waals surface area contributed by atoms with E-state index >= 15 is 0 Å². The molecule has 1 aromatic carbocycles. The van der Waals surface area contributed by atoms with Crippen molar-refractivity contribution in [3.8, 4) is 0 Å². The Labute approximate surface area is 134 Å². The molecule has 124 valence electrons. The third-order valence-electron chi connectivity index (χ3n) is 3.48. The SMILES string of the molecule is Cc1ncc([N+](=O)[O-])n1CC1=NNC(c2ccc([N+](=O)[O-])cc2)O1. The number of nitrogens with zero attached hydrogens (tertiary/aromatic N) is 5. The molecule has 0 fully saturated rings. The molecule has 24 heavy (non-hydrogen) atoms. The van der Waals surface area contributed by atoms with E-state index in [1.54, 1.807) is 19.1 Å². The Bertz CT molecular complexity index is 828. The van der Waals surface area contributed by atoms with Gasteiger partial charge in [-0.2, -0.15) is 0 Å². The molecule has 2 aromatic rings. The average molecular weight is 332 g/mol. The van der Waals surface area contributed by atoms with E-state index in [0.717, 1.165) is 0 Å². The van der Waals surface area contributed by atoms with E-state index in [0.29, 0.717) is 11.4 Å². The molecule has 1 aromatic heterocycles. The fourth-order valence-corrected chi connectivity index (χ4v) is 2.24. The summed E-state index contributed by atoms with van der Waals surface area (Å²) in [7, 11) is 0. The van der Waals surface area contributed by atoms with Crippen LogP contribution in [-0.2, 0) is 11.3 Å². The van der Waals surface area contributed by atoms with Gasteiger partial charge >= 0.3 is 5.82 Å². The van der Waals surface area contributed by atoms with Crippen molar-refractivity contribution >= 4 is 17.4 Å². The Morgan fingerprint density at radius 1 is 1.25 bits per heavy atom. The molecule has 0 saturated carbocycles. The first-order valence-electron chi connectivity index (χ1n) is 6.85. The number of nitro groups is 2. The van der Waals surface area contributed by atoms with Gasteiger partial charge in [0.1, 0.15) is 6.20 Å². The van der Waals surface area contributed by atoms with Gasteiger partial charge in [-0.15, -0.1) is 5.10 Å². The van der Waals surface area contributed by atoms with Crippen molar-refractivity contribution in [2.24, 2.45) is 5.10 Å². The number of nitro benzene ring substituents is 1. The quantitative estimate of drug-likeness (QED) is 0.648. The molecule has 0 saturated heterocycles. The standard InChI is InChI=1S/C13H12N6O5/c1-8-14-6-12(19(22)23)17(8)7-11-15-16-13(24-11)9-2-4-10(5-3-9)18(20)21/h2-6,13,16H,7H2,1H3. The molecule has 0 amide bonds. The summed E-state index contributed by atoms with van der Waals surface area (Å²) in [5.74, 6) is 0.562. The summed E-state index contributed by atoms with van der Waals surface area (Å²) in [4.78, 5) is 24.5. The molecule has 1 aliphatic rings. The first-order valence-corrected chi connectivity index (χ1v) is 6.85. The summed E-state index contributed by atoms with van der Waals surface area (Å²) in [6, 6.07) is 5.84. The number of aryl methyl sites for hydroxylation is 1. The Morgan fingerprint density at radius 2 is 1.96 bits per heavy atom. The molecule has 11 nitrogen and oxygen atoms in total. The number of rotatable bonds is 5. The van der Waals surface area contributed by atoms with Gasteiger partial charge in [-0.3, -0.25) is 15.5 Å². The maximum absolute atomic E-state index is 11.0. The van der Waals surface area contributed by atoms with Crippen LogP contribution in [-0.4, -0.2) is 25.3 Å². The van der Waals surface area contributed by atoms with Gasteiger partial charge in [0, 0.05) is 24.6 Å². The highest BCUT2D eigenvalue weighted by atomic mass is 16.6. The van der Waals surface area contributed by atoms with Crippen LogP contribution in [0.25, 0.3) is 0 Å². The summed E-state index contributed by atoms with van der Waals surface area (Å²) < 4.78 is 6.98. The van der Waals surface area contributed by atoms with E-state index in [1.807, 2.05) is 0 Å². The van der Waals surface area contributed by atoms with E-state index in [9.17, 15) is 20.2 Å². The lowest BCUT2D eigenvalue weighted by atomic mass is 10.2. The fourth-order valence-electron chi connectivity index (χ4n) is 2.24. The number of hydrogen-bond acceptors (Lipinski definition) is 8. The van der Waals surface area contributed by atoms with E-state index in [-0.39, 0.29) is 23.9 Å². The fraction of sp³-hybridized carbons (Fsp3) is 0.231. The van der Waals surface area contributed by atoms with Crippen molar-refractivity contribution in [2.75, 3.05) is 0 Å². The molecule has 1 unspecified atom stereocenters. The van der Waals surface area contributed by atoms with Gasteiger partial charge in [0.15, 0.2) is 12.4 Å². The van der Waals surface area contributed by atoms with Crippen LogP contribution in [0.2, 0.25) is 0 Å². The predicted octanol–water partition coefficient (Wildman–Crippen LogP) is 1.64. The van der Waals surface area contributed by atoms with Gasteiger partial charge < -0.3 is 14.9 Å². The van der Waals surface area contributed by atoms with E-state index in [4.69, 9.17) is 4.74 Å². The molecule has 2 heterocycles. The third kappa shape index (κ3) is 2.86. The van der Waals surface area contributed by atoms with Crippen molar-refractivity contribution in [3.05, 3.63) is 62.1 Å². The first-order chi connectivity index (χ1) is 11.5. The minimum absolute atomic E-state index is 0.0254. The lowest BCUT2D eigenvalue weighted by Crippen LogP contribution is -2.16. The molecule has 0 aliphatic carbocycles. The van der Waals surface area contributed by atoms with Crippen LogP contribution in [0.4, 0.5) is 11.5 Å². The largest absolute Gasteiger partial charge is 0.447 e. The zero-order chi connectivity index (χ0) is 17.3. The minimum Gasteiger partial charge on any atom is -0.447 e. The number of ether oxygens (including phenoxy) is 1. The minimum atomic E-state index is -0.608. The second kappa shape index (κ2) is 5.95. The molecule has 0 radical (unpaired) electrons. The number of non-ortho nitro benzene ring substituents is 1. The summed E-state index contributed by atoms with van der Waals surface area (Å²) in [5.41, 5.74) is 3.37.